The number of Topliss-reactive ketones (excluding diaryl/α,β-unsaturated/α-hetero) is 3. The fraction of sp³-hybridized carbons (Fsp3) is 0.880. The Hall–Kier alpha value is -0.436. The van der Waals surface area contributed by atoms with Gasteiger partial charge >= 0.3 is 0 Å². The molecular formula is C25H52O7Ti. The maximum absolute atomic E-state index is 11.0. The molecule has 0 saturated carbocycles. The molecule has 0 heterocycles. The second-order valence-electron chi connectivity index (χ2n) is 7.51. The number of hydrogen-bond acceptors (Lipinski definition) is 7. The zero-order valence-corrected chi connectivity index (χ0v) is 23.8. The van der Waals surface area contributed by atoms with Gasteiger partial charge in [-0.3, -0.25) is 14.4 Å². The summed E-state index contributed by atoms with van der Waals surface area (Å²) in [6.45, 7) is 11.7. The summed E-state index contributed by atoms with van der Waals surface area (Å²) in [6.07, 6.45) is 6.76. The van der Waals surface area contributed by atoms with Crippen molar-refractivity contribution in [2.45, 2.75) is 99.3 Å². The summed E-state index contributed by atoms with van der Waals surface area (Å²) < 4.78 is 0. The molecule has 0 saturated heterocycles. The first-order valence-electron chi connectivity index (χ1n) is 12.1. The Morgan fingerprint density at radius 1 is 0.515 bits per heavy atom. The first-order valence-corrected chi connectivity index (χ1v) is 12.1. The summed E-state index contributed by atoms with van der Waals surface area (Å²) in [5.41, 5.74) is 0. The molecule has 0 aromatic rings. The molecule has 0 aromatic carbocycles. The number of carbonyl (C=O) groups excluding carboxylic acids is 3. The van der Waals surface area contributed by atoms with Gasteiger partial charge in [0.05, 0.1) is 19.8 Å². The van der Waals surface area contributed by atoms with Crippen molar-refractivity contribution in [3.05, 3.63) is 0 Å². The van der Waals surface area contributed by atoms with Gasteiger partial charge in [0, 0.05) is 65.8 Å². The van der Waals surface area contributed by atoms with Crippen LogP contribution in [0.4, 0.5) is 0 Å². The van der Waals surface area contributed by atoms with Crippen molar-refractivity contribution in [1.29, 1.82) is 0 Å². The molecule has 0 aliphatic heterocycles. The van der Waals surface area contributed by atoms with E-state index in [0.717, 1.165) is 45.6 Å². The van der Waals surface area contributed by atoms with Crippen LogP contribution in [0.3, 0.4) is 0 Å². The smallest absolute Gasteiger partial charge is 0.138 e. The Balaban J connectivity index is -0.000000113. The third kappa shape index (κ3) is 26.0. The van der Waals surface area contributed by atoms with Crippen molar-refractivity contribution in [3.8, 4) is 0 Å². The molecule has 0 amide bonds. The van der Waals surface area contributed by atoms with Crippen LogP contribution in [0.5, 0.6) is 0 Å². The van der Waals surface area contributed by atoms with Crippen LogP contribution in [0.2, 0.25) is 0 Å². The van der Waals surface area contributed by atoms with E-state index in [9.17, 15) is 14.4 Å². The van der Waals surface area contributed by atoms with Gasteiger partial charge in [-0.2, -0.15) is 0 Å². The molecule has 0 fully saturated rings. The Labute approximate surface area is 217 Å². The van der Waals surface area contributed by atoms with Crippen molar-refractivity contribution >= 4 is 17.3 Å². The second kappa shape index (κ2) is 33.7. The third-order valence-corrected chi connectivity index (χ3v) is 4.99. The Bertz CT molecular complexity index is 357. The summed E-state index contributed by atoms with van der Waals surface area (Å²) in [6, 6.07) is 0. The van der Waals surface area contributed by atoms with Gasteiger partial charge in [0.15, 0.2) is 0 Å². The predicted molar refractivity (Wildman–Crippen MR) is 130 cm³/mol. The Morgan fingerprint density at radius 3 is 0.788 bits per heavy atom. The van der Waals surface area contributed by atoms with Crippen molar-refractivity contribution in [2.24, 2.45) is 17.8 Å². The molecule has 0 spiro atoms. The number of carbonyl (C=O) groups is 3. The van der Waals surface area contributed by atoms with E-state index in [1.165, 1.54) is 0 Å². The minimum atomic E-state index is -0.111. The second-order valence-corrected chi connectivity index (χ2v) is 7.51. The van der Waals surface area contributed by atoms with Gasteiger partial charge in [-0.25, -0.2) is 0 Å². The average molecular weight is 513 g/mol. The minimum absolute atomic E-state index is 0. The van der Waals surface area contributed by atoms with Gasteiger partial charge in [0.25, 0.3) is 0 Å². The van der Waals surface area contributed by atoms with E-state index >= 15 is 0 Å². The van der Waals surface area contributed by atoms with Gasteiger partial charge in [-0.1, -0.05) is 41.5 Å². The van der Waals surface area contributed by atoms with Crippen molar-refractivity contribution in [1.82, 2.24) is 0 Å². The fourth-order valence-electron chi connectivity index (χ4n) is 2.73. The third-order valence-electron chi connectivity index (χ3n) is 4.99. The van der Waals surface area contributed by atoms with E-state index in [1.807, 2.05) is 41.5 Å². The molecule has 0 rings (SSSR count). The first kappa shape index (κ1) is 42.7. The molecule has 0 aliphatic carbocycles. The standard InChI is InChI=1S/3C8H16O2.CH4O.Ti/c3*1-3-5-8(10)7(4-2)6-9;1-2;/h3*7,9H,3-6H2,1-2H3;2H,1H3;. The number of hydrogen-bond donors (Lipinski definition) is 4. The van der Waals surface area contributed by atoms with Gasteiger partial charge in [0.2, 0.25) is 0 Å². The number of rotatable bonds is 15. The van der Waals surface area contributed by atoms with Crippen molar-refractivity contribution < 1.29 is 56.5 Å². The van der Waals surface area contributed by atoms with Crippen LogP contribution < -0.4 is 0 Å². The SMILES string of the molecule is CCCC(=O)C(CC)CO.CCCC(=O)C(CC)CO.CCCC(=O)C(CC)CO.CO.[Ti]. The summed E-state index contributed by atoms with van der Waals surface area (Å²) in [5, 5.41) is 33.1. The van der Waals surface area contributed by atoms with E-state index in [-0.39, 0.29) is 76.6 Å². The van der Waals surface area contributed by atoms with Crippen LogP contribution in [0.1, 0.15) is 99.3 Å². The maximum Gasteiger partial charge on any atom is 0.138 e. The van der Waals surface area contributed by atoms with Gasteiger partial charge in [-0.05, 0) is 38.5 Å². The number of aliphatic hydroxyl groups is 4. The van der Waals surface area contributed by atoms with Crippen LogP contribution in [-0.4, -0.2) is 64.7 Å². The Kier molecular flexibility index (Phi) is 43.7. The zero-order chi connectivity index (χ0) is 25.9. The molecule has 0 aromatic heterocycles. The molecular weight excluding hydrogens is 460 g/mol. The normalized spacial score (nSPS) is 12.1. The van der Waals surface area contributed by atoms with Gasteiger partial charge < -0.3 is 20.4 Å². The summed E-state index contributed by atoms with van der Waals surface area (Å²) in [4.78, 5) is 33.1. The van der Waals surface area contributed by atoms with Gasteiger partial charge in [-0.15, -0.1) is 0 Å². The van der Waals surface area contributed by atoms with E-state index in [0.29, 0.717) is 19.3 Å². The van der Waals surface area contributed by atoms with Crippen LogP contribution in [-0.2, 0) is 36.1 Å². The molecule has 4 N–H and O–H groups in total. The molecule has 3 atom stereocenters. The molecule has 7 nitrogen and oxygen atoms in total. The maximum atomic E-state index is 11.0. The fourth-order valence-corrected chi connectivity index (χ4v) is 2.73. The average Bonchev–Trinajstić information content (AvgIpc) is 2.79. The number of aliphatic hydroxyl groups excluding tert-OH is 4. The molecule has 8 heteroatoms. The quantitative estimate of drug-likeness (QED) is 0.246. The topological polar surface area (TPSA) is 132 Å². The molecule has 33 heavy (non-hydrogen) atoms. The van der Waals surface area contributed by atoms with E-state index < -0.39 is 0 Å². The monoisotopic (exact) mass is 512 g/mol. The summed E-state index contributed by atoms with van der Waals surface area (Å²) in [7, 11) is 1.00. The Morgan fingerprint density at radius 2 is 0.697 bits per heavy atom. The molecule has 3 unspecified atom stereocenters. The van der Waals surface area contributed by atoms with Crippen LogP contribution in [0.25, 0.3) is 0 Å². The number of ketones is 3. The van der Waals surface area contributed by atoms with E-state index in [4.69, 9.17) is 20.4 Å². The molecule has 0 radical (unpaired) electrons. The van der Waals surface area contributed by atoms with Gasteiger partial charge in [0.1, 0.15) is 17.3 Å². The predicted octanol–water partition coefficient (Wildman–Crippen LogP) is 3.73. The van der Waals surface area contributed by atoms with E-state index in [2.05, 4.69) is 0 Å². The molecule has 0 bridgehead atoms. The minimum Gasteiger partial charge on any atom is -0.400 e. The summed E-state index contributed by atoms with van der Waals surface area (Å²) in [5.74, 6) is 0.271. The summed E-state index contributed by atoms with van der Waals surface area (Å²) >= 11 is 0. The van der Waals surface area contributed by atoms with Crippen molar-refractivity contribution in [3.63, 3.8) is 0 Å². The largest absolute Gasteiger partial charge is 0.400 e. The molecule has 0 aliphatic rings. The van der Waals surface area contributed by atoms with Crippen molar-refractivity contribution in [2.75, 3.05) is 26.9 Å². The zero-order valence-electron chi connectivity index (χ0n) is 22.2. The van der Waals surface area contributed by atoms with Crippen LogP contribution in [0, 0.1) is 17.8 Å². The first-order chi connectivity index (χ1) is 15.3. The molecule has 198 valence electrons. The van der Waals surface area contributed by atoms with Crippen LogP contribution >= 0.6 is 0 Å². The van der Waals surface area contributed by atoms with E-state index in [1.54, 1.807) is 0 Å². The van der Waals surface area contributed by atoms with Crippen LogP contribution in [0.15, 0.2) is 0 Å².